The number of nitrogens with two attached hydrogens (primary N) is 1. The molecule has 2 aliphatic rings. The molecular weight excluding hydrogens is 268 g/mol. The Morgan fingerprint density at radius 3 is 3.05 bits per heavy atom. The number of nitrogens with one attached hydrogen (secondary N) is 1. The smallest absolute Gasteiger partial charge is 0.241 e. The lowest BCUT2D eigenvalue weighted by Crippen LogP contribution is -2.80. The highest BCUT2D eigenvalue weighted by molar-refractivity contribution is 5.89. The highest BCUT2D eigenvalue weighted by atomic mass is 16.5. The molecule has 116 valence electrons. The van der Waals surface area contributed by atoms with E-state index in [0.717, 1.165) is 18.5 Å². The number of aryl methyl sites for hydroxylation is 1. The predicted molar refractivity (Wildman–Crippen MR) is 78.5 cm³/mol. The Morgan fingerprint density at radius 1 is 1.62 bits per heavy atom. The molecule has 3 rings (SSSR count). The summed E-state index contributed by atoms with van der Waals surface area (Å²) in [6, 6.07) is 1.96. The maximum atomic E-state index is 12.6. The zero-order valence-electron chi connectivity index (χ0n) is 12.9. The molecule has 21 heavy (non-hydrogen) atoms. The number of ether oxygens (including phenoxy) is 1. The molecule has 1 amide bonds. The van der Waals surface area contributed by atoms with E-state index < -0.39 is 5.54 Å². The van der Waals surface area contributed by atoms with Gasteiger partial charge in [-0.15, -0.1) is 0 Å². The number of carbonyl (C=O) groups is 1. The molecule has 0 radical (unpaired) electrons. The second kappa shape index (κ2) is 4.81. The van der Waals surface area contributed by atoms with Crippen LogP contribution < -0.4 is 11.1 Å². The first kappa shape index (κ1) is 14.5. The van der Waals surface area contributed by atoms with Crippen LogP contribution in [-0.2, 0) is 23.0 Å². The lowest BCUT2D eigenvalue weighted by atomic mass is 9.48. The molecule has 3 atom stereocenters. The summed E-state index contributed by atoms with van der Waals surface area (Å²) in [5.74, 6) is 0.0885. The standard InChI is InChI=1S/C15H24N4O2/c1-14(2)12-11(6-9-21-12)15(14,16)13(20)17-7-4-10-5-8-18-19(10)3/h5,8,11-12H,4,6-7,9,16H2,1-3H3,(H,17,20). The number of hydrogen-bond acceptors (Lipinski definition) is 4. The van der Waals surface area contributed by atoms with E-state index in [0.29, 0.717) is 13.2 Å². The summed E-state index contributed by atoms with van der Waals surface area (Å²) in [6.07, 6.45) is 3.51. The molecule has 1 aliphatic heterocycles. The fraction of sp³-hybridized carbons (Fsp3) is 0.733. The Morgan fingerprint density at radius 2 is 2.38 bits per heavy atom. The van der Waals surface area contributed by atoms with E-state index in [1.807, 2.05) is 31.6 Å². The predicted octanol–water partition coefficient (Wildman–Crippen LogP) is 0.221. The summed E-state index contributed by atoms with van der Waals surface area (Å²) < 4.78 is 7.54. The van der Waals surface area contributed by atoms with E-state index in [-0.39, 0.29) is 23.3 Å². The van der Waals surface area contributed by atoms with E-state index in [1.165, 1.54) is 0 Å². The Bertz CT molecular complexity index is 554. The average Bonchev–Trinajstić information content (AvgIpc) is 3.06. The van der Waals surface area contributed by atoms with Crippen LogP contribution in [0.15, 0.2) is 12.3 Å². The minimum Gasteiger partial charge on any atom is -0.377 e. The number of aromatic nitrogens is 2. The molecular formula is C15H24N4O2. The summed E-state index contributed by atoms with van der Waals surface area (Å²) in [7, 11) is 1.90. The van der Waals surface area contributed by atoms with Crippen molar-refractivity contribution in [3.63, 3.8) is 0 Å². The molecule has 2 heterocycles. The quantitative estimate of drug-likeness (QED) is 0.832. The van der Waals surface area contributed by atoms with E-state index in [9.17, 15) is 4.79 Å². The first-order valence-corrected chi connectivity index (χ1v) is 7.54. The van der Waals surface area contributed by atoms with Crippen LogP contribution in [0.4, 0.5) is 0 Å². The molecule has 6 heteroatoms. The van der Waals surface area contributed by atoms with E-state index >= 15 is 0 Å². The maximum absolute atomic E-state index is 12.6. The van der Waals surface area contributed by atoms with Gasteiger partial charge in [0, 0.05) is 49.8 Å². The summed E-state index contributed by atoms with van der Waals surface area (Å²) in [5, 5.41) is 7.12. The normalized spacial score (nSPS) is 33.3. The van der Waals surface area contributed by atoms with Crippen LogP contribution in [0.5, 0.6) is 0 Å². The Labute approximate surface area is 125 Å². The van der Waals surface area contributed by atoms with E-state index in [1.54, 1.807) is 6.20 Å². The lowest BCUT2D eigenvalue weighted by molar-refractivity contribution is -0.175. The van der Waals surface area contributed by atoms with Gasteiger partial charge in [-0.2, -0.15) is 5.10 Å². The third-order valence-corrected chi connectivity index (χ3v) is 5.42. The number of nitrogens with zero attached hydrogens (tertiary/aromatic N) is 2. The molecule has 3 N–H and O–H groups in total. The Hall–Kier alpha value is -1.40. The SMILES string of the molecule is Cn1nccc1CCNC(=O)C1(N)C2CCOC2C1(C)C. The highest BCUT2D eigenvalue weighted by Gasteiger charge is 2.71. The highest BCUT2D eigenvalue weighted by Crippen LogP contribution is 2.58. The number of hydrogen-bond donors (Lipinski definition) is 2. The Balaban J connectivity index is 1.61. The van der Waals surface area contributed by atoms with Gasteiger partial charge in [0.1, 0.15) is 5.54 Å². The topological polar surface area (TPSA) is 82.2 Å². The van der Waals surface area contributed by atoms with Gasteiger partial charge in [-0.3, -0.25) is 9.48 Å². The van der Waals surface area contributed by atoms with Gasteiger partial charge >= 0.3 is 0 Å². The van der Waals surface area contributed by atoms with Crippen LogP contribution in [0.1, 0.15) is 26.0 Å². The molecule has 1 saturated carbocycles. The van der Waals surface area contributed by atoms with Crippen molar-refractivity contribution >= 4 is 5.91 Å². The van der Waals surface area contributed by atoms with Gasteiger partial charge in [0.25, 0.3) is 0 Å². The summed E-state index contributed by atoms with van der Waals surface area (Å²) in [6.45, 7) is 5.34. The largest absolute Gasteiger partial charge is 0.377 e. The summed E-state index contributed by atoms with van der Waals surface area (Å²) >= 11 is 0. The van der Waals surface area contributed by atoms with Gasteiger partial charge in [0.15, 0.2) is 0 Å². The minimum absolute atomic E-state index is 0.0542. The van der Waals surface area contributed by atoms with Gasteiger partial charge in [-0.1, -0.05) is 13.8 Å². The zero-order chi connectivity index (χ0) is 15.3. The first-order chi connectivity index (χ1) is 9.89. The molecule has 1 aliphatic carbocycles. The van der Waals surface area contributed by atoms with Crippen molar-refractivity contribution in [2.45, 2.75) is 38.3 Å². The third kappa shape index (κ3) is 1.92. The van der Waals surface area contributed by atoms with Crippen LogP contribution in [0, 0.1) is 11.3 Å². The fourth-order valence-corrected chi connectivity index (χ4v) is 3.94. The molecule has 1 aromatic heterocycles. The molecule has 0 aromatic carbocycles. The minimum atomic E-state index is -0.819. The van der Waals surface area contributed by atoms with Crippen molar-refractivity contribution in [3.05, 3.63) is 18.0 Å². The summed E-state index contributed by atoms with van der Waals surface area (Å²) in [4.78, 5) is 12.6. The van der Waals surface area contributed by atoms with Crippen LogP contribution >= 0.6 is 0 Å². The first-order valence-electron chi connectivity index (χ1n) is 7.54. The molecule has 1 aromatic rings. The van der Waals surface area contributed by atoms with Gasteiger partial charge in [-0.05, 0) is 12.5 Å². The summed E-state index contributed by atoms with van der Waals surface area (Å²) in [5.41, 5.74) is 6.45. The monoisotopic (exact) mass is 292 g/mol. The molecule has 0 bridgehead atoms. The van der Waals surface area contributed by atoms with Gasteiger partial charge < -0.3 is 15.8 Å². The van der Waals surface area contributed by atoms with Gasteiger partial charge in [0.05, 0.1) is 6.10 Å². The number of rotatable bonds is 4. The third-order valence-electron chi connectivity index (χ3n) is 5.42. The van der Waals surface area contributed by atoms with Crippen LogP contribution in [0.25, 0.3) is 0 Å². The molecule has 2 fully saturated rings. The second-order valence-electron chi connectivity index (χ2n) is 6.73. The number of carbonyl (C=O) groups excluding carboxylic acids is 1. The molecule has 6 nitrogen and oxygen atoms in total. The number of amides is 1. The van der Waals surface area contributed by atoms with E-state index in [4.69, 9.17) is 10.5 Å². The van der Waals surface area contributed by atoms with Crippen molar-refractivity contribution < 1.29 is 9.53 Å². The average molecular weight is 292 g/mol. The van der Waals surface area contributed by atoms with Crippen molar-refractivity contribution in [2.24, 2.45) is 24.1 Å². The van der Waals surface area contributed by atoms with Crippen molar-refractivity contribution in [3.8, 4) is 0 Å². The molecule has 0 spiro atoms. The van der Waals surface area contributed by atoms with E-state index in [2.05, 4.69) is 10.4 Å². The van der Waals surface area contributed by atoms with Crippen LogP contribution in [0.3, 0.4) is 0 Å². The maximum Gasteiger partial charge on any atom is 0.241 e. The van der Waals surface area contributed by atoms with Gasteiger partial charge in [0.2, 0.25) is 5.91 Å². The molecule has 1 saturated heterocycles. The lowest BCUT2D eigenvalue weighted by Gasteiger charge is -2.60. The van der Waals surface area contributed by atoms with Gasteiger partial charge in [-0.25, -0.2) is 0 Å². The number of fused-ring (bicyclic) bond motifs is 1. The Kier molecular flexibility index (Phi) is 3.33. The fourth-order valence-electron chi connectivity index (χ4n) is 3.94. The zero-order valence-corrected chi connectivity index (χ0v) is 12.9. The van der Waals surface area contributed by atoms with Crippen molar-refractivity contribution in [1.82, 2.24) is 15.1 Å². The van der Waals surface area contributed by atoms with Crippen molar-refractivity contribution in [1.29, 1.82) is 0 Å². The molecule has 3 unspecified atom stereocenters. The van der Waals surface area contributed by atoms with Crippen LogP contribution in [0.2, 0.25) is 0 Å². The van der Waals surface area contributed by atoms with Crippen LogP contribution in [-0.4, -0.2) is 40.5 Å². The van der Waals surface area contributed by atoms with Crippen molar-refractivity contribution in [2.75, 3.05) is 13.2 Å². The second-order valence-corrected chi connectivity index (χ2v) is 6.73.